The van der Waals surface area contributed by atoms with E-state index in [1.807, 2.05) is 32.0 Å². The summed E-state index contributed by atoms with van der Waals surface area (Å²) in [7, 11) is 0. The molecule has 70 valence electrons. The van der Waals surface area contributed by atoms with Gasteiger partial charge in [-0.25, -0.2) is 5.84 Å². The van der Waals surface area contributed by atoms with Gasteiger partial charge in [-0.15, -0.1) is 0 Å². The Morgan fingerprint density at radius 1 is 1.38 bits per heavy atom. The van der Waals surface area contributed by atoms with Crippen molar-refractivity contribution in [3.63, 3.8) is 0 Å². The van der Waals surface area contributed by atoms with E-state index >= 15 is 0 Å². The molecule has 3 nitrogen and oxygen atoms in total. The van der Waals surface area contributed by atoms with Crippen LogP contribution in [0.3, 0.4) is 0 Å². The quantitative estimate of drug-likeness (QED) is 0.402. The Kier molecular flexibility index (Phi) is 2.85. The highest BCUT2D eigenvalue weighted by atomic mass is 32.1. The first-order chi connectivity index (χ1) is 6.04. The van der Waals surface area contributed by atoms with Gasteiger partial charge in [-0.05, 0) is 43.3 Å². The van der Waals surface area contributed by atoms with Gasteiger partial charge in [0, 0.05) is 0 Å². The van der Waals surface area contributed by atoms with Crippen LogP contribution in [0.15, 0.2) is 18.2 Å². The molecule has 0 radical (unpaired) electrons. The number of aryl methyl sites for hydroxylation is 1. The molecular formula is C9H13N3S. The summed E-state index contributed by atoms with van der Waals surface area (Å²) < 4.78 is 0. The van der Waals surface area contributed by atoms with E-state index in [9.17, 15) is 0 Å². The minimum absolute atomic E-state index is 0.175. The van der Waals surface area contributed by atoms with Crippen LogP contribution >= 0.6 is 12.2 Å². The molecule has 0 unspecified atom stereocenters. The van der Waals surface area contributed by atoms with Gasteiger partial charge in [0.15, 0.2) is 5.11 Å². The van der Waals surface area contributed by atoms with Crippen molar-refractivity contribution in [2.45, 2.75) is 13.8 Å². The Bertz CT molecular complexity index is 336. The molecule has 0 spiro atoms. The number of benzene rings is 1. The molecule has 1 aromatic carbocycles. The number of nitrogens with zero attached hydrogens (tertiary/aromatic N) is 1. The molecular weight excluding hydrogens is 182 g/mol. The third kappa shape index (κ3) is 1.96. The highest BCUT2D eigenvalue weighted by molar-refractivity contribution is 7.80. The van der Waals surface area contributed by atoms with Crippen molar-refractivity contribution in [1.29, 1.82) is 0 Å². The standard InChI is InChI=1S/C9H13N3S/c1-6-4-3-5-8(7(6)2)12(11)9(10)13/h3-5H,11H2,1-2H3,(H2,10,13). The van der Waals surface area contributed by atoms with Gasteiger partial charge in [0.25, 0.3) is 0 Å². The monoisotopic (exact) mass is 195 g/mol. The number of hydrazine groups is 1. The smallest absolute Gasteiger partial charge is 0.185 e. The maximum atomic E-state index is 5.67. The van der Waals surface area contributed by atoms with Gasteiger partial charge in [0.2, 0.25) is 0 Å². The molecule has 0 saturated carbocycles. The average molecular weight is 195 g/mol. The minimum Gasteiger partial charge on any atom is -0.375 e. The Hall–Kier alpha value is -1.13. The fourth-order valence-electron chi connectivity index (χ4n) is 1.12. The summed E-state index contributed by atoms with van der Waals surface area (Å²) in [6.07, 6.45) is 0. The van der Waals surface area contributed by atoms with Gasteiger partial charge in [-0.1, -0.05) is 12.1 Å². The molecule has 0 atom stereocenters. The summed E-state index contributed by atoms with van der Waals surface area (Å²) in [6, 6.07) is 5.84. The fraction of sp³-hybridized carbons (Fsp3) is 0.222. The Balaban J connectivity index is 3.15. The van der Waals surface area contributed by atoms with Crippen LogP contribution in [-0.4, -0.2) is 5.11 Å². The van der Waals surface area contributed by atoms with Crippen LogP contribution in [0.4, 0.5) is 5.69 Å². The fourth-order valence-corrected chi connectivity index (χ4v) is 1.21. The molecule has 13 heavy (non-hydrogen) atoms. The second-order valence-corrected chi connectivity index (χ2v) is 3.35. The van der Waals surface area contributed by atoms with Crippen molar-refractivity contribution in [3.8, 4) is 0 Å². The zero-order valence-electron chi connectivity index (χ0n) is 7.74. The number of thiocarbonyl (C=S) groups is 1. The van der Waals surface area contributed by atoms with Crippen molar-refractivity contribution in [3.05, 3.63) is 29.3 Å². The molecule has 0 fully saturated rings. The van der Waals surface area contributed by atoms with Crippen LogP contribution in [0.25, 0.3) is 0 Å². The van der Waals surface area contributed by atoms with E-state index in [2.05, 4.69) is 0 Å². The second kappa shape index (κ2) is 3.72. The Morgan fingerprint density at radius 3 is 2.54 bits per heavy atom. The number of nitrogens with two attached hydrogens (primary N) is 2. The lowest BCUT2D eigenvalue weighted by Gasteiger charge is -2.19. The molecule has 0 saturated heterocycles. The number of hydrogen-bond donors (Lipinski definition) is 2. The van der Waals surface area contributed by atoms with E-state index < -0.39 is 0 Å². The molecule has 1 rings (SSSR count). The summed E-state index contributed by atoms with van der Waals surface area (Å²) in [5.41, 5.74) is 8.54. The first-order valence-corrected chi connectivity index (χ1v) is 4.35. The second-order valence-electron chi connectivity index (χ2n) is 2.93. The van der Waals surface area contributed by atoms with Crippen molar-refractivity contribution in [2.75, 3.05) is 5.01 Å². The van der Waals surface area contributed by atoms with E-state index in [0.29, 0.717) is 0 Å². The summed E-state index contributed by atoms with van der Waals surface area (Å²) in [5.74, 6) is 5.67. The predicted molar refractivity (Wildman–Crippen MR) is 59.4 cm³/mol. The molecule has 0 amide bonds. The van der Waals surface area contributed by atoms with Crippen LogP contribution in [0.1, 0.15) is 11.1 Å². The van der Waals surface area contributed by atoms with Crippen LogP contribution in [-0.2, 0) is 0 Å². The average Bonchev–Trinajstić information content (AvgIpc) is 2.08. The van der Waals surface area contributed by atoms with Gasteiger partial charge in [0.1, 0.15) is 0 Å². The van der Waals surface area contributed by atoms with Gasteiger partial charge >= 0.3 is 0 Å². The normalized spacial score (nSPS) is 9.77. The van der Waals surface area contributed by atoms with E-state index in [-0.39, 0.29) is 5.11 Å². The van der Waals surface area contributed by atoms with Gasteiger partial charge < -0.3 is 5.73 Å². The SMILES string of the molecule is Cc1cccc(N(N)C(N)=S)c1C. The molecule has 0 bridgehead atoms. The van der Waals surface area contributed by atoms with E-state index in [0.717, 1.165) is 11.3 Å². The maximum Gasteiger partial charge on any atom is 0.185 e. The first-order valence-electron chi connectivity index (χ1n) is 3.94. The summed E-state index contributed by atoms with van der Waals surface area (Å²) in [4.78, 5) is 0. The van der Waals surface area contributed by atoms with E-state index in [4.69, 9.17) is 23.8 Å². The van der Waals surface area contributed by atoms with Gasteiger partial charge in [-0.3, -0.25) is 5.01 Å². The largest absolute Gasteiger partial charge is 0.375 e. The molecule has 0 aliphatic rings. The topological polar surface area (TPSA) is 55.3 Å². The lowest BCUT2D eigenvalue weighted by molar-refractivity contribution is 1.11. The van der Waals surface area contributed by atoms with E-state index in [1.165, 1.54) is 10.6 Å². The predicted octanol–water partition coefficient (Wildman–Crippen LogP) is 1.23. The summed E-state index contributed by atoms with van der Waals surface area (Å²) in [6.45, 7) is 4.01. The Labute approximate surface area is 83.3 Å². The Morgan fingerprint density at radius 2 is 2.00 bits per heavy atom. The lowest BCUT2D eigenvalue weighted by atomic mass is 10.1. The van der Waals surface area contributed by atoms with Gasteiger partial charge in [0.05, 0.1) is 5.69 Å². The van der Waals surface area contributed by atoms with Crippen molar-refractivity contribution in [1.82, 2.24) is 0 Å². The maximum absolute atomic E-state index is 5.67. The summed E-state index contributed by atoms with van der Waals surface area (Å²) >= 11 is 4.78. The number of rotatable bonds is 1. The van der Waals surface area contributed by atoms with Crippen LogP contribution in [0.2, 0.25) is 0 Å². The van der Waals surface area contributed by atoms with Crippen LogP contribution < -0.4 is 16.6 Å². The van der Waals surface area contributed by atoms with Crippen molar-refractivity contribution < 1.29 is 0 Å². The zero-order chi connectivity index (χ0) is 10.0. The minimum atomic E-state index is 0.175. The lowest BCUT2D eigenvalue weighted by Crippen LogP contribution is -2.41. The molecule has 1 aromatic rings. The molecule has 0 aromatic heterocycles. The first kappa shape index (κ1) is 9.95. The van der Waals surface area contributed by atoms with Gasteiger partial charge in [-0.2, -0.15) is 0 Å². The van der Waals surface area contributed by atoms with Crippen LogP contribution in [0.5, 0.6) is 0 Å². The highest BCUT2D eigenvalue weighted by Crippen LogP contribution is 2.20. The van der Waals surface area contributed by atoms with Crippen molar-refractivity contribution >= 4 is 23.0 Å². The summed E-state index contributed by atoms with van der Waals surface area (Å²) in [5, 5.41) is 1.49. The van der Waals surface area contributed by atoms with Crippen LogP contribution in [0, 0.1) is 13.8 Å². The third-order valence-corrected chi connectivity index (χ3v) is 2.27. The molecule has 0 aliphatic heterocycles. The number of hydrogen-bond acceptors (Lipinski definition) is 2. The molecule has 0 heterocycles. The molecule has 4 heteroatoms. The van der Waals surface area contributed by atoms with Crippen molar-refractivity contribution in [2.24, 2.45) is 11.6 Å². The third-order valence-electron chi connectivity index (χ3n) is 2.07. The zero-order valence-corrected chi connectivity index (χ0v) is 8.56. The highest BCUT2D eigenvalue weighted by Gasteiger charge is 2.07. The molecule has 4 N–H and O–H groups in total. The number of anilines is 1. The molecule has 0 aliphatic carbocycles. The van der Waals surface area contributed by atoms with E-state index in [1.54, 1.807) is 0 Å².